The molecule has 0 saturated heterocycles. The second-order valence-corrected chi connectivity index (χ2v) is 9.36. The summed E-state index contributed by atoms with van der Waals surface area (Å²) in [5.74, 6) is 1.75. The molecule has 0 radical (unpaired) electrons. The molecule has 1 atom stereocenters. The van der Waals surface area contributed by atoms with Crippen LogP contribution in [0.15, 0.2) is 48.5 Å². The number of methoxy groups -OCH3 is 1. The SMILES string of the molecule is CCCC(CCC(C)C)C(=O)CC.COc1ccc(-n2nc(C)cc2-c2ccc(C#N)c(F)c2)cc1. The minimum atomic E-state index is -0.537. The van der Waals surface area contributed by atoms with Gasteiger partial charge in [0, 0.05) is 17.9 Å². The number of aryl methyl sites for hydroxylation is 1. The number of benzene rings is 2. The summed E-state index contributed by atoms with van der Waals surface area (Å²) in [5.41, 5.74) is 3.12. The lowest BCUT2D eigenvalue weighted by Gasteiger charge is -2.14. The van der Waals surface area contributed by atoms with Crippen LogP contribution < -0.4 is 4.74 Å². The molecule has 0 aliphatic rings. The van der Waals surface area contributed by atoms with Crippen LogP contribution in [0.25, 0.3) is 16.9 Å². The van der Waals surface area contributed by atoms with Crippen LogP contribution in [0, 0.1) is 35.9 Å². The van der Waals surface area contributed by atoms with Crippen molar-refractivity contribution in [2.24, 2.45) is 11.8 Å². The summed E-state index contributed by atoms with van der Waals surface area (Å²) in [6, 6.07) is 15.7. The maximum Gasteiger partial charge on any atom is 0.141 e. The zero-order valence-corrected chi connectivity index (χ0v) is 22.3. The Balaban J connectivity index is 0.000000302. The zero-order valence-electron chi connectivity index (χ0n) is 22.3. The van der Waals surface area contributed by atoms with Gasteiger partial charge in [-0.25, -0.2) is 9.07 Å². The van der Waals surface area contributed by atoms with Gasteiger partial charge in [0.05, 0.1) is 29.7 Å². The van der Waals surface area contributed by atoms with Crippen molar-refractivity contribution >= 4 is 5.78 Å². The average Bonchev–Trinajstić information content (AvgIpc) is 3.27. The molecule has 0 aliphatic carbocycles. The predicted octanol–water partition coefficient (Wildman–Crippen LogP) is 7.69. The Hall–Kier alpha value is -3.46. The second kappa shape index (κ2) is 14.2. The molecule has 0 bridgehead atoms. The van der Waals surface area contributed by atoms with Crippen LogP contribution in [0.1, 0.15) is 71.1 Å². The first-order valence-corrected chi connectivity index (χ1v) is 12.7. The highest BCUT2D eigenvalue weighted by atomic mass is 19.1. The van der Waals surface area contributed by atoms with E-state index in [4.69, 9.17) is 10.00 Å². The van der Waals surface area contributed by atoms with E-state index in [9.17, 15) is 9.18 Å². The van der Waals surface area contributed by atoms with Crippen molar-refractivity contribution in [3.63, 3.8) is 0 Å². The smallest absolute Gasteiger partial charge is 0.141 e. The van der Waals surface area contributed by atoms with Crippen molar-refractivity contribution in [2.75, 3.05) is 7.11 Å². The van der Waals surface area contributed by atoms with E-state index in [2.05, 4.69) is 25.9 Å². The van der Waals surface area contributed by atoms with Crippen molar-refractivity contribution in [1.82, 2.24) is 9.78 Å². The summed E-state index contributed by atoms with van der Waals surface area (Å²) in [4.78, 5) is 11.5. The highest BCUT2D eigenvalue weighted by Gasteiger charge is 2.15. The van der Waals surface area contributed by atoms with Gasteiger partial charge in [0.25, 0.3) is 0 Å². The van der Waals surface area contributed by atoms with Crippen molar-refractivity contribution in [3.05, 3.63) is 65.6 Å². The first-order valence-electron chi connectivity index (χ1n) is 12.7. The van der Waals surface area contributed by atoms with Crippen molar-refractivity contribution in [1.29, 1.82) is 5.26 Å². The number of aromatic nitrogens is 2. The van der Waals surface area contributed by atoms with Gasteiger partial charge in [0.2, 0.25) is 0 Å². The van der Waals surface area contributed by atoms with Gasteiger partial charge in [0.1, 0.15) is 23.4 Å². The number of ketones is 1. The summed E-state index contributed by atoms with van der Waals surface area (Å²) in [6.07, 6.45) is 5.21. The molecule has 0 spiro atoms. The Morgan fingerprint density at radius 1 is 1.08 bits per heavy atom. The molecule has 3 rings (SSSR count). The maximum absolute atomic E-state index is 13.9. The number of nitriles is 1. The molecule has 2 aromatic carbocycles. The number of ether oxygens (including phenoxy) is 1. The highest BCUT2D eigenvalue weighted by molar-refractivity contribution is 5.80. The molecule has 0 fully saturated rings. The Morgan fingerprint density at radius 3 is 2.31 bits per heavy atom. The van der Waals surface area contributed by atoms with Gasteiger partial charge in [-0.3, -0.25) is 4.79 Å². The van der Waals surface area contributed by atoms with Crippen molar-refractivity contribution in [3.8, 4) is 28.8 Å². The van der Waals surface area contributed by atoms with Gasteiger partial charge in [-0.15, -0.1) is 0 Å². The molecule has 0 N–H and O–H groups in total. The largest absolute Gasteiger partial charge is 0.497 e. The molecule has 1 aromatic heterocycles. The topological polar surface area (TPSA) is 67.9 Å². The number of Topliss-reactive ketones (excluding diaryl/α,β-unsaturated/α-hetero) is 1. The molecular weight excluding hydrogens is 453 g/mol. The van der Waals surface area contributed by atoms with Crippen LogP contribution in [0.2, 0.25) is 0 Å². The van der Waals surface area contributed by atoms with E-state index in [1.54, 1.807) is 17.9 Å². The molecule has 192 valence electrons. The quantitative estimate of drug-likeness (QED) is 0.292. The minimum absolute atomic E-state index is 0.0287. The summed E-state index contributed by atoms with van der Waals surface area (Å²) < 4.78 is 20.8. The van der Waals surface area contributed by atoms with Crippen molar-refractivity contribution in [2.45, 2.75) is 66.7 Å². The van der Waals surface area contributed by atoms with Crippen LogP contribution >= 0.6 is 0 Å². The number of nitrogens with zero attached hydrogens (tertiary/aromatic N) is 3. The molecular formula is C30H38FN3O2. The van der Waals surface area contributed by atoms with E-state index in [1.165, 1.54) is 18.6 Å². The summed E-state index contributed by atoms with van der Waals surface area (Å²) in [5, 5.41) is 13.3. The number of carbonyl (C=O) groups excluding carboxylic acids is 1. The molecule has 0 aliphatic heterocycles. The fourth-order valence-electron chi connectivity index (χ4n) is 4.03. The fraction of sp³-hybridized carbons (Fsp3) is 0.433. The first-order chi connectivity index (χ1) is 17.2. The predicted molar refractivity (Wildman–Crippen MR) is 143 cm³/mol. The van der Waals surface area contributed by atoms with Crippen LogP contribution in [0.4, 0.5) is 4.39 Å². The summed E-state index contributed by atoms with van der Waals surface area (Å²) in [6.45, 7) is 10.5. The third kappa shape index (κ3) is 8.05. The molecule has 0 saturated carbocycles. The number of hydrogen-bond donors (Lipinski definition) is 0. The standard InChI is InChI=1S/C18H14FN3O.C12H24O/c1-12-9-18(13-3-4-14(11-20)17(19)10-13)22(21-12)15-5-7-16(23-2)8-6-15;1-5-7-11(12(13)6-2)9-8-10(3)4/h3-10H,1-2H3;10-11H,5-9H2,1-4H3. The van der Waals surface area contributed by atoms with E-state index >= 15 is 0 Å². The molecule has 5 nitrogen and oxygen atoms in total. The van der Waals surface area contributed by atoms with Crippen LogP contribution in [0.3, 0.4) is 0 Å². The number of carbonyl (C=O) groups is 1. The van der Waals surface area contributed by atoms with Crippen LogP contribution in [0.5, 0.6) is 5.75 Å². The van der Waals surface area contributed by atoms with Gasteiger partial charge in [-0.05, 0) is 68.1 Å². The Kier molecular flexibility index (Phi) is 11.3. The fourth-order valence-corrected chi connectivity index (χ4v) is 4.03. The number of rotatable bonds is 10. The van der Waals surface area contributed by atoms with E-state index in [-0.39, 0.29) is 5.56 Å². The van der Waals surface area contributed by atoms with E-state index in [0.717, 1.165) is 48.0 Å². The molecule has 6 heteroatoms. The minimum Gasteiger partial charge on any atom is -0.497 e. The van der Waals surface area contributed by atoms with Gasteiger partial charge >= 0.3 is 0 Å². The Labute approximate surface area is 214 Å². The Morgan fingerprint density at radius 2 is 1.78 bits per heavy atom. The molecule has 1 unspecified atom stereocenters. The monoisotopic (exact) mass is 491 g/mol. The van der Waals surface area contributed by atoms with Gasteiger partial charge < -0.3 is 4.74 Å². The van der Waals surface area contributed by atoms with Crippen molar-refractivity contribution < 1.29 is 13.9 Å². The third-order valence-corrected chi connectivity index (χ3v) is 6.07. The van der Waals surface area contributed by atoms with E-state index in [1.807, 2.05) is 50.2 Å². The van der Waals surface area contributed by atoms with Gasteiger partial charge in [0.15, 0.2) is 0 Å². The summed E-state index contributed by atoms with van der Waals surface area (Å²) >= 11 is 0. The van der Waals surface area contributed by atoms with E-state index < -0.39 is 5.82 Å². The second-order valence-electron chi connectivity index (χ2n) is 9.36. The number of hydrogen-bond acceptors (Lipinski definition) is 4. The van der Waals surface area contributed by atoms with Gasteiger partial charge in [-0.2, -0.15) is 10.4 Å². The van der Waals surface area contributed by atoms with E-state index in [0.29, 0.717) is 23.7 Å². The molecule has 0 amide bonds. The van der Waals surface area contributed by atoms with Crippen LogP contribution in [-0.2, 0) is 4.79 Å². The normalized spacial score (nSPS) is 11.4. The first kappa shape index (κ1) is 28.8. The molecule has 3 aromatic rings. The lowest BCUT2D eigenvalue weighted by molar-refractivity contribution is -0.123. The number of halogens is 1. The molecule has 1 heterocycles. The lowest BCUT2D eigenvalue weighted by atomic mass is 9.89. The zero-order chi connectivity index (χ0) is 26.7. The summed E-state index contributed by atoms with van der Waals surface area (Å²) in [7, 11) is 1.61. The highest BCUT2D eigenvalue weighted by Crippen LogP contribution is 2.26. The van der Waals surface area contributed by atoms with Crippen LogP contribution in [-0.4, -0.2) is 22.7 Å². The molecule has 36 heavy (non-hydrogen) atoms. The maximum atomic E-state index is 13.9. The average molecular weight is 492 g/mol. The third-order valence-electron chi connectivity index (χ3n) is 6.07. The van der Waals surface area contributed by atoms with Gasteiger partial charge in [-0.1, -0.05) is 46.6 Å². The lowest BCUT2D eigenvalue weighted by Crippen LogP contribution is -2.14. The Bertz CT molecular complexity index is 1160.